The molecule has 0 radical (unpaired) electrons. The van der Waals surface area contributed by atoms with Crippen molar-refractivity contribution in [1.29, 1.82) is 0 Å². The van der Waals surface area contributed by atoms with Crippen molar-refractivity contribution in [2.24, 2.45) is 0 Å². The summed E-state index contributed by atoms with van der Waals surface area (Å²) in [7, 11) is 0. The summed E-state index contributed by atoms with van der Waals surface area (Å²) in [6, 6.07) is 25.3. The fraction of sp³-hybridized carbons (Fsp3) is 0.364. The van der Waals surface area contributed by atoms with E-state index >= 15 is 0 Å². The van der Waals surface area contributed by atoms with Crippen LogP contribution in [0.1, 0.15) is 54.7 Å². The molecular formula is C33H41N3O4S. The highest BCUT2D eigenvalue weighted by atomic mass is 32.2. The zero-order valence-electron chi connectivity index (χ0n) is 24.2. The van der Waals surface area contributed by atoms with Crippen LogP contribution >= 0.6 is 11.8 Å². The van der Waals surface area contributed by atoms with Crippen LogP contribution in [0.15, 0.2) is 84.9 Å². The molecule has 3 rings (SSSR count). The second-order valence-corrected chi connectivity index (χ2v) is 12.2. The van der Waals surface area contributed by atoms with Crippen molar-refractivity contribution >= 4 is 29.5 Å². The maximum absolute atomic E-state index is 13.5. The molecule has 0 saturated carbocycles. The first-order valence-corrected chi connectivity index (χ1v) is 15.0. The first-order chi connectivity index (χ1) is 19.5. The molecule has 218 valence electrons. The average Bonchev–Trinajstić information content (AvgIpc) is 2.92. The van der Waals surface area contributed by atoms with Crippen molar-refractivity contribution in [3.63, 3.8) is 0 Å². The van der Waals surface area contributed by atoms with Crippen molar-refractivity contribution < 1.29 is 19.5 Å². The number of aliphatic hydroxyl groups is 1. The SMILES string of the molecule is CC(=O)N[C@@H](CSCc1ccccc1)C(=O)N[C@@H](Cc1ccccc1)[C@H](O)Cc1ccccc1C(=O)NC(C)(C)C. The van der Waals surface area contributed by atoms with E-state index in [4.69, 9.17) is 0 Å². The second-order valence-electron chi connectivity index (χ2n) is 11.2. The summed E-state index contributed by atoms with van der Waals surface area (Å²) < 4.78 is 0. The average molecular weight is 576 g/mol. The molecule has 3 aromatic rings. The fourth-order valence-electron chi connectivity index (χ4n) is 4.43. The van der Waals surface area contributed by atoms with Gasteiger partial charge >= 0.3 is 0 Å². The van der Waals surface area contributed by atoms with Gasteiger partial charge in [0.1, 0.15) is 6.04 Å². The number of nitrogens with one attached hydrogen (secondary N) is 3. The molecule has 0 spiro atoms. The van der Waals surface area contributed by atoms with Crippen LogP contribution in [0.3, 0.4) is 0 Å². The molecule has 3 atom stereocenters. The lowest BCUT2D eigenvalue weighted by atomic mass is 9.93. The summed E-state index contributed by atoms with van der Waals surface area (Å²) in [4.78, 5) is 38.4. The Labute approximate surface area is 247 Å². The van der Waals surface area contributed by atoms with Gasteiger partial charge in [-0.25, -0.2) is 0 Å². The summed E-state index contributed by atoms with van der Waals surface area (Å²) in [5.41, 5.74) is 2.84. The summed E-state index contributed by atoms with van der Waals surface area (Å²) >= 11 is 1.55. The first kappa shape index (κ1) is 31.9. The van der Waals surface area contributed by atoms with E-state index in [1.165, 1.54) is 6.92 Å². The highest BCUT2D eigenvalue weighted by molar-refractivity contribution is 7.98. The Morgan fingerprint density at radius 3 is 2.00 bits per heavy atom. The summed E-state index contributed by atoms with van der Waals surface area (Å²) in [6.45, 7) is 7.13. The zero-order chi connectivity index (χ0) is 29.8. The second kappa shape index (κ2) is 15.4. The van der Waals surface area contributed by atoms with Gasteiger partial charge in [-0.05, 0) is 49.9 Å². The first-order valence-electron chi connectivity index (χ1n) is 13.8. The van der Waals surface area contributed by atoms with Crippen LogP contribution in [-0.4, -0.2) is 52.3 Å². The van der Waals surface area contributed by atoms with Crippen LogP contribution in [0.25, 0.3) is 0 Å². The van der Waals surface area contributed by atoms with Gasteiger partial charge in [0.2, 0.25) is 11.8 Å². The maximum Gasteiger partial charge on any atom is 0.251 e. The van der Waals surface area contributed by atoms with E-state index in [9.17, 15) is 19.5 Å². The predicted octanol–water partition coefficient (Wildman–Crippen LogP) is 4.28. The molecule has 0 aromatic heterocycles. The molecule has 8 heteroatoms. The van der Waals surface area contributed by atoms with E-state index in [2.05, 4.69) is 16.0 Å². The van der Waals surface area contributed by atoms with E-state index in [1.807, 2.05) is 93.6 Å². The van der Waals surface area contributed by atoms with Gasteiger partial charge in [0.25, 0.3) is 5.91 Å². The Morgan fingerprint density at radius 2 is 1.39 bits per heavy atom. The van der Waals surface area contributed by atoms with Crippen molar-refractivity contribution in [3.05, 3.63) is 107 Å². The number of hydrogen-bond acceptors (Lipinski definition) is 5. The molecule has 7 nitrogen and oxygen atoms in total. The minimum atomic E-state index is -0.988. The highest BCUT2D eigenvalue weighted by Gasteiger charge is 2.28. The number of rotatable bonds is 13. The topological polar surface area (TPSA) is 108 Å². The minimum absolute atomic E-state index is 0.166. The van der Waals surface area contributed by atoms with Gasteiger partial charge in [0.15, 0.2) is 0 Å². The van der Waals surface area contributed by atoms with Crippen LogP contribution < -0.4 is 16.0 Å². The normalized spacial score (nSPS) is 13.5. The lowest BCUT2D eigenvalue weighted by molar-refractivity contribution is -0.128. The highest BCUT2D eigenvalue weighted by Crippen LogP contribution is 2.18. The molecule has 4 N–H and O–H groups in total. The Bertz CT molecular complexity index is 1280. The van der Waals surface area contributed by atoms with Crippen LogP contribution in [0, 0.1) is 0 Å². The molecule has 0 heterocycles. The van der Waals surface area contributed by atoms with Crippen LogP contribution in [0.5, 0.6) is 0 Å². The number of amides is 3. The molecular weight excluding hydrogens is 534 g/mol. The summed E-state index contributed by atoms with van der Waals surface area (Å²) in [5, 5.41) is 20.2. The van der Waals surface area contributed by atoms with Crippen LogP contribution in [0.4, 0.5) is 0 Å². The van der Waals surface area contributed by atoms with Crippen molar-refractivity contribution in [1.82, 2.24) is 16.0 Å². The summed E-state index contributed by atoms with van der Waals surface area (Å²) in [5.74, 6) is 0.201. The lowest BCUT2D eigenvalue weighted by Crippen LogP contribution is -2.54. The Balaban J connectivity index is 1.78. The maximum atomic E-state index is 13.5. The van der Waals surface area contributed by atoms with Crippen LogP contribution in [0.2, 0.25) is 0 Å². The molecule has 3 amide bonds. The van der Waals surface area contributed by atoms with E-state index in [-0.39, 0.29) is 24.1 Å². The van der Waals surface area contributed by atoms with Crippen molar-refractivity contribution in [3.8, 4) is 0 Å². The molecule has 0 bridgehead atoms. The van der Waals surface area contributed by atoms with Gasteiger partial charge in [-0.2, -0.15) is 11.8 Å². The van der Waals surface area contributed by atoms with Gasteiger partial charge in [0.05, 0.1) is 12.1 Å². The Kier molecular flexibility index (Phi) is 12.0. The Morgan fingerprint density at radius 1 is 0.805 bits per heavy atom. The molecule has 41 heavy (non-hydrogen) atoms. The van der Waals surface area contributed by atoms with Gasteiger partial charge in [-0.15, -0.1) is 0 Å². The zero-order valence-corrected chi connectivity index (χ0v) is 25.0. The third-order valence-corrected chi connectivity index (χ3v) is 7.47. The van der Waals surface area contributed by atoms with Gasteiger partial charge in [-0.3, -0.25) is 14.4 Å². The van der Waals surface area contributed by atoms with E-state index < -0.39 is 23.7 Å². The predicted molar refractivity (Wildman–Crippen MR) is 166 cm³/mol. The third-order valence-electron chi connectivity index (χ3n) is 6.36. The minimum Gasteiger partial charge on any atom is -0.391 e. The van der Waals surface area contributed by atoms with E-state index in [0.29, 0.717) is 29.1 Å². The quantitative estimate of drug-likeness (QED) is 0.243. The van der Waals surface area contributed by atoms with Crippen LogP contribution in [-0.2, 0) is 28.2 Å². The number of thioether (sulfide) groups is 1. The molecule has 0 aliphatic rings. The van der Waals surface area contributed by atoms with E-state index in [1.54, 1.807) is 23.9 Å². The van der Waals surface area contributed by atoms with Gasteiger partial charge in [0, 0.05) is 36.0 Å². The fourth-order valence-corrected chi connectivity index (χ4v) is 5.44. The molecule has 0 saturated heterocycles. The number of aliphatic hydroxyl groups excluding tert-OH is 1. The summed E-state index contributed by atoms with van der Waals surface area (Å²) in [6.07, 6.45) is -0.440. The molecule has 0 unspecified atom stereocenters. The molecule has 0 aliphatic heterocycles. The smallest absolute Gasteiger partial charge is 0.251 e. The molecule has 0 fully saturated rings. The number of carbonyl (C=O) groups is 3. The monoisotopic (exact) mass is 575 g/mol. The molecule has 3 aromatic carbocycles. The standard InChI is InChI=1S/C33H41N3O4S/c1-23(37)34-29(22-41-21-25-15-9-6-10-16-25)32(40)35-28(19-24-13-7-5-8-14-24)30(38)20-26-17-11-12-18-27(26)31(39)36-33(2,3)4/h5-18,28-30,38H,19-22H2,1-4H3,(H,34,37)(H,35,40)(H,36,39)/t28-,29-,30+/m0/s1. The Hall–Kier alpha value is -3.62. The molecule has 0 aliphatic carbocycles. The lowest BCUT2D eigenvalue weighted by Gasteiger charge is -2.28. The number of hydrogen-bond donors (Lipinski definition) is 4. The largest absolute Gasteiger partial charge is 0.391 e. The van der Waals surface area contributed by atoms with Gasteiger partial charge in [-0.1, -0.05) is 78.9 Å². The third kappa shape index (κ3) is 11.1. The number of carbonyl (C=O) groups excluding carboxylic acids is 3. The van der Waals surface area contributed by atoms with Crippen molar-refractivity contribution in [2.45, 2.75) is 70.0 Å². The van der Waals surface area contributed by atoms with Crippen molar-refractivity contribution in [2.75, 3.05) is 5.75 Å². The van der Waals surface area contributed by atoms with E-state index in [0.717, 1.165) is 11.1 Å². The number of benzene rings is 3. The van der Waals surface area contributed by atoms with Gasteiger partial charge < -0.3 is 21.1 Å².